The summed E-state index contributed by atoms with van der Waals surface area (Å²) < 4.78 is 5.79. The van der Waals surface area contributed by atoms with Gasteiger partial charge in [-0.25, -0.2) is 0 Å². The summed E-state index contributed by atoms with van der Waals surface area (Å²) in [5.41, 5.74) is 5.57. The van der Waals surface area contributed by atoms with E-state index in [0.29, 0.717) is 12.1 Å². The van der Waals surface area contributed by atoms with Crippen LogP contribution in [0.1, 0.15) is 20.3 Å². The quantitative estimate of drug-likeness (QED) is 0.715. The predicted octanol–water partition coefficient (Wildman–Crippen LogP) is 0.376. The van der Waals surface area contributed by atoms with Crippen LogP contribution in [0.15, 0.2) is 0 Å². The van der Waals surface area contributed by atoms with Crippen molar-refractivity contribution in [1.82, 2.24) is 9.80 Å². The van der Waals surface area contributed by atoms with Gasteiger partial charge in [0.05, 0.1) is 12.7 Å². The Morgan fingerprint density at radius 2 is 2.25 bits per heavy atom. The second kappa shape index (κ2) is 7.22. The van der Waals surface area contributed by atoms with Gasteiger partial charge >= 0.3 is 0 Å². The highest BCUT2D eigenvalue weighted by molar-refractivity contribution is 4.75. The number of nitrogens with two attached hydrogens (primary N) is 1. The van der Waals surface area contributed by atoms with E-state index in [9.17, 15) is 0 Å². The molecule has 1 aliphatic rings. The molecule has 0 amide bonds. The molecule has 0 radical (unpaired) electrons. The van der Waals surface area contributed by atoms with Gasteiger partial charge in [-0.2, -0.15) is 0 Å². The van der Waals surface area contributed by atoms with Crippen LogP contribution in [-0.4, -0.2) is 68.3 Å². The van der Waals surface area contributed by atoms with E-state index in [-0.39, 0.29) is 0 Å². The van der Waals surface area contributed by atoms with Crippen molar-refractivity contribution >= 4 is 0 Å². The fraction of sp³-hybridized carbons (Fsp3) is 1.00. The minimum absolute atomic E-state index is 0.360. The van der Waals surface area contributed by atoms with Crippen molar-refractivity contribution in [2.75, 3.05) is 46.4 Å². The molecule has 1 aliphatic heterocycles. The lowest BCUT2D eigenvalue weighted by Crippen LogP contribution is -2.48. The van der Waals surface area contributed by atoms with E-state index in [4.69, 9.17) is 10.5 Å². The average molecular weight is 229 g/mol. The molecule has 96 valence electrons. The molecule has 0 aliphatic carbocycles. The van der Waals surface area contributed by atoms with Gasteiger partial charge in [-0.15, -0.1) is 0 Å². The number of hydrogen-bond acceptors (Lipinski definition) is 4. The van der Waals surface area contributed by atoms with Crippen LogP contribution in [0, 0.1) is 0 Å². The second-order valence-corrected chi connectivity index (χ2v) is 4.99. The zero-order valence-electron chi connectivity index (χ0n) is 11.0. The summed E-state index contributed by atoms with van der Waals surface area (Å²) in [6.45, 7) is 10.3. The molecule has 0 saturated carbocycles. The van der Waals surface area contributed by atoms with Crippen molar-refractivity contribution in [1.29, 1.82) is 0 Å². The van der Waals surface area contributed by atoms with Crippen LogP contribution < -0.4 is 5.73 Å². The van der Waals surface area contributed by atoms with Gasteiger partial charge < -0.3 is 15.4 Å². The van der Waals surface area contributed by atoms with Gasteiger partial charge in [-0.1, -0.05) is 0 Å². The smallest absolute Gasteiger partial charge is 0.0829 e. The third-order valence-corrected chi connectivity index (χ3v) is 3.16. The molecule has 4 heteroatoms. The zero-order chi connectivity index (χ0) is 12.0. The molecule has 0 aromatic heterocycles. The summed E-state index contributed by atoms with van der Waals surface area (Å²) in [6.07, 6.45) is 1.43. The Bertz CT molecular complexity index is 187. The number of nitrogens with zero attached hydrogens (tertiary/aromatic N) is 2. The van der Waals surface area contributed by atoms with E-state index in [1.54, 1.807) is 0 Å². The van der Waals surface area contributed by atoms with Crippen molar-refractivity contribution < 1.29 is 4.74 Å². The summed E-state index contributed by atoms with van der Waals surface area (Å²) in [7, 11) is 2.16. The highest BCUT2D eigenvalue weighted by Crippen LogP contribution is 2.08. The Morgan fingerprint density at radius 3 is 2.81 bits per heavy atom. The minimum Gasteiger partial charge on any atom is -0.374 e. The first-order chi connectivity index (χ1) is 7.63. The molecule has 1 saturated heterocycles. The Labute approximate surface area is 99.7 Å². The van der Waals surface area contributed by atoms with Crippen LogP contribution in [0.5, 0.6) is 0 Å². The van der Waals surface area contributed by atoms with Gasteiger partial charge in [0.1, 0.15) is 0 Å². The van der Waals surface area contributed by atoms with Crippen molar-refractivity contribution in [2.24, 2.45) is 5.73 Å². The standard InChI is InChI=1S/C12H27N3O/c1-11(2)15(6-4-5-13)10-12-9-14(3)7-8-16-12/h11-12H,4-10,13H2,1-3H3. The monoisotopic (exact) mass is 229 g/mol. The van der Waals surface area contributed by atoms with E-state index in [1.165, 1.54) is 0 Å². The normalized spacial score (nSPS) is 23.2. The third kappa shape index (κ3) is 4.78. The third-order valence-electron chi connectivity index (χ3n) is 3.16. The number of rotatable bonds is 6. The van der Waals surface area contributed by atoms with E-state index in [0.717, 1.165) is 45.8 Å². The van der Waals surface area contributed by atoms with Crippen LogP contribution in [0.25, 0.3) is 0 Å². The fourth-order valence-electron chi connectivity index (χ4n) is 2.09. The lowest BCUT2D eigenvalue weighted by atomic mass is 10.2. The van der Waals surface area contributed by atoms with Crippen molar-refractivity contribution in [3.63, 3.8) is 0 Å². The molecule has 1 atom stereocenters. The highest BCUT2D eigenvalue weighted by Gasteiger charge is 2.21. The van der Waals surface area contributed by atoms with Gasteiger partial charge in [-0.3, -0.25) is 4.90 Å². The maximum absolute atomic E-state index is 5.79. The SMILES string of the molecule is CC(C)N(CCCN)CC1CN(C)CCO1. The molecule has 0 bridgehead atoms. The summed E-state index contributed by atoms with van der Waals surface area (Å²) in [5, 5.41) is 0. The molecule has 0 aromatic rings. The molecule has 1 rings (SSSR count). The lowest BCUT2D eigenvalue weighted by Gasteiger charge is -2.35. The largest absolute Gasteiger partial charge is 0.374 e. The van der Waals surface area contributed by atoms with E-state index < -0.39 is 0 Å². The van der Waals surface area contributed by atoms with Crippen LogP contribution >= 0.6 is 0 Å². The van der Waals surface area contributed by atoms with Gasteiger partial charge in [0.15, 0.2) is 0 Å². The topological polar surface area (TPSA) is 41.7 Å². The summed E-state index contributed by atoms with van der Waals surface area (Å²) in [4.78, 5) is 4.81. The Morgan fingerprint density at radius 1 is 1.50 bits per heavy atom. The van der Waals surface area contributed by atoms with Crippen LogP contribution in [0.2, 0.25) is 0 Å². The molecule has 1 heterocycles. The first-order valence-electron chi connectivity index (χ1n) is 6.37. The molecular weight excluding hydrogens is 202 g/mol. The Kier molecular flexibility index (Phi) is 6.28. The van der Waals surface area contributed by atoms with E-state index in [1.807, 2.05) is 0 Å². The average Bonchev–Trinajstić information content (AvgIpc) is 2.24. The van der Waals surface area contributed by atoms with Gasteiger partial charge in [-0.05, 0) is 40.4 Å². The Hall–Kier alpha value is -0.160. The predicted molar refractivity (Wildman–Crippen MR) is 67.6 cm³/mol. The minimum atomic E-state index is 0.360. The second-order valence-electron chi connectivity index (χ2n) is 4.99. The zero-order valence-corrected chi connectivity index (χ0v) is 11.0. The molecule has 0 spiro atoms. The molecule has 16 heavy (non-hydrogen) atoms. The number of morpholine rings is 1. The molecule has 4 nitrogen and oxygen atoms in total. The molecule has 1 unspecified atom stereocenters. The van der Waals surface area contributed by atoms with Crippen LogP contribution in [-0.2, 0) is 4.74 Å². The molecule has 0 aromatic carbocycles. The Balaban J connectivity index is 2.34. The molecular formula is C12H27N3O. The van der Waals surface area contributed by atoms with Crippen molar-refractivity contribution in [3.05, 3.63) is 0 Å². The number of hydrogen-bond donors (Lipinski definition) is 1. The van der Waals surface area contributed by atoms with Gasteiger partial charge in [0, 0.05) is 25.7 Å². The summed E-state index contributed by atoms with van der Waals surface area (Å²) in [5.74, 6) is 0. The van der Waals surface area contributed by atoms with E-state index >= 15 is 0 Å². The maximum atomic E-state index is 5.79. The summed E-state index contributed by atoms with van der Waals surface area (Å²) in [6, 6.07) is 0.572. The van der Waals surface area contributed by atoms with E-state index in [2.05, 4.69) is 30.7 Å². The van der Waals surface area contributed by atoms with Crippen molar-refractivity contribution in [2.45, 2.75) is 32.4 Å². The van der Waals surface area contributed by atoms with Gasteiger partial charge in [0.2, 0.25) is 0 Å². The number of ether oxygens (including phenoxy) is 1. The van der Waals surface area contributed by atoms with Crippen molar-refractivity contribution in [3.8, 4) is 0 Å². The number of likely N-dealkylation sites (N-methyl/N-ethyl adjacent to an activating group) is 1. The molecule has 1 fully saturated rings. The molecule has 2 N–H and O–H groups in total. The fourth-order valence-corrected chi connectivity index (χ4v) is 2.09. The van der Waals surface area contributed by atoms with Crippen LogP contribution in [0.4, 0.5) is 0 Å². The lowest BCUT2D eigenvalue weighted by molar-refractivity contribution is -0.0396. The maximum Gasteiger partial charge on any atom is 0.0829 e. The van der Waals surface area contributed by atoms with Gasteiger partial charge in [0.25, 0.3) is 0 Å². The first kappa shape index (κ1) is 13.9. The summed E-state index contributed by atoms with van der Waals surface area (Å²) >= 11 is 0. The first-order valence-corrected chi connectivity index (χ1v) is 6.37. The van der Waals surface area contributed by atoms with Crippen LogP contribution in [0.3, 0.4) is 0 Å². The highest BCUT2D eigenvalue weighted by atomic mass is 16.5.